The maximum atomic E-state index is 13.6. The Labute approximate surface area is 243 Å². The Hall–Kier alpha value is -4.93. The number of rotatable bonds is 8. The summed E-state index contributed by atoms with van der Waals surface area (Å²) in [6.45, 7) is 8.94. The van der Waals surface area contributed by atoms with Gasteiger partial charge in [-0.2, -0.15) is 4.98 Å². The predicted molar refractivity (Wildman–Crippen MR) is 160 cm³/mol. The number of pyridine rings is 1. The first kappa shape index (κ1) is 30.0. The smallest absolute Gasteiger partial charge is 0.412 e. The number of amides is 3. The zero-order valence-corrected chi connectivity index (χ0v) is 24.6. The molecule has 4 aromatic rings. The summed E-state index contributed by atoms with van der Waals surface area (Å²) in [4.78, 5) is 49.3. The molecule has 0 saturated carbocycles. The lowest BCUT2D eigenvalue weighted by molar-refractivity contribution is 0.0635. The summed E-state index contributed by atoms with van der Waals surface area (Å²) in [5, 5.41) is 5.77. The Morgan fingerprint density at radius 3 is 2.45 bits per heavy atom. The van der Waals surface area contributed by atoms with Crippen molar-refractivity contribution >= 4 is 34.7 Å². The summed E-state index contributed by atoms with van der Waals surface area (Å²) >= 11 is 0. The molecule has 2 N–H and O–H groups in total. The highest BCUT2D eigenvalue weighted by molar-refractivity contribution is 5.94. The van der Waals surface area contributed by atoms with Crippen LogP contribution in [-0.2, 0) is 11.2 Å². The van der Waals surface area contributed by atoms with Gasteiger partial charge in [-0.1, -0.05) is 18.2 Å². The zero-order valence-electron chi connectivity index (χ0n) is 24.6. The van der Waals surface area contributed by atoms with E-state index in [0.717, 1.165) is 11.3 Å². The maximum absolute atomic E-state index is 13.6. The highest BCUT2D eigenvalue weighted by Gasteiger charge is 2.25. The molecule has 0 radical (unpaired) electrons. The topological polar surface area (TPSA) is 136 Å². The number of fused-ring (bicyclic) bond motifs is 1. The van der Waals surface area contributed by atoms with E-state index in [2.05, 4.69) is 20.6 Å². The van der Waals surface area contributed by atoms with Gasteiger partial charge in [-0.3, -0.25) is 10.3 Å². The third-order valence-electron chi connectivity index (χ3n) is 6.41. The normalized spacial score (nSPS) is 12.0. The number of methoxy groups -OCH3 is 1. The molecular weight excluding hydrogens is 538 g/mol. The molecule has 2 aromatic heterocycles. The number of hydrogen-bond acceptors (Lipinski definition) is 8. The maximum Gasteiger partial charge on any atom is 0.412 e. The highest BCUT2D eigenvalue weighted by Crippen LogP contribution is 2.25. The van der Waals surface area contributed by atoms with Crippen LogP contribution in [0.15, 0.2) is 70.0 Å². The van der Waals surface area contributed by atoms with Crippen LogP contribution in [0.25, 0.3) is 10.9 Å². The largest absolute Gasteiger partial charge is 0.497 e. The van der Waals surface area contributed by atoms with Crippen molar-refractivity contribution in [2.75, 3.05) is 23.9 Å². The number of aryl methyl sites for hydroxylation is 1. The van der Waals surface area contributed by atoms with Crippen LogP contribution in [-0.4, -0.2) is 41.3 Å². The molecule has 11 nitrogen and oxygen atoms in total. The van der Waals surface area contributed by atoms with E-state index in [1.165, 1.54) is 4.90 Å². The summed E-state index contributed by atoms with van der Waals surface area (Å²) in [7, 11) is 1.59. The Kier molecular flexibility index (Phi) is 9.09. The Balaban J connectivity index is 1.65. The summed E-state index contributed by atoms with van der Waals surface area (Å²) < 4.78 is 16.2. The summed E-state index contributed by atoms with van der Waals surface area (Å²) in [6, 6.07) is 15.1. The second-order valence-electron chi connectivity index (χ2n) is 10.7. The fraction of sp³-hybridized carbons (Fsp3) is 0.323. The third kappa shape index (κ3) is 7.42. The van der Waals surface area contributed by atoms with Crippen molar-refractivity contribution in [2.24, 2.45) is 0 Å². The van der Waals surface area contributed by atoms with Gasteiger partial charge in [0.25, 0.3) is 0 Å². The lowest BCUT2D eigenvalue weighted by Crippen LogP contribution is -2.43. The number of nitrogens with one attached hydrogen (secondary N) is 2. The van der Waals surface area contributed by atoms with E-state index in [1.807, 2.05) is 43.3 Å². The summed E-state index contributed by atoms with van der Waals surface area (Å²) in [5.41, 5.74) is 1.40. The SMILES string of the molecule is COc1ccc(CCN(C(=O)NC(C)c2ccccn2)c2nc3ccc(NC(=O)OC(C)(C)C)c(C)c3c(=O)o2)cc1. The summed E-state index contributed by atoms with van der Waals surface area (Å²) in [5.74, 6) is 0.718. The average molecular weight is 574 g/mol. The molecule has 0 bridgehead atoms. The van der Waals surface area contributed by atoms with Crippen LogP contribution in [0.4, 0.5) is 21.3 Å². The van der Waals surface area contributed by atoms with E-state index in [9.17, 15) is 14.4 Å². The highest BCUT2D eigenvalue weighted by atomic mass is 16.6. The van der Waals surface area contributed by atoms with Crippen molar-refractivity contribution in [2.45, 2.75) is 52.7 Å². The van der Waals surface area contributed by atoms with E-state index >= 15 is 0 Å². The molecule has 0 saturated heterocycles. The number of benzene rings is 2. The van der Waals surface area contributed by atoms with Crippen molar-refractivity contribution in [3.05, 3.63) is 88.0 Å². The molecule has 0 spiro atoms. The molecule has 2 aromatic carbocycles. The van der Waals surface area contributed by atoms with Crippen molar-refractivity contribution < 1.29 is 23.5 Å². The van der Waals surface area contributed by atoms with Crippen LogP contribution >= 0.6 is 0 Å². The van der Waals surface area contributed by atoms with Gasteiger partial charge in [-0.25, -0.2) is 19.3 Å². The standard InChI is InChI=1S/C31H35N5O6/c1-19-23(35-30(39)42-31(3,4)5)14-15-25-26(19)27(37)41-29(34-25)36(18-16-21-10-12-22(40-6)13-11-21)28(38)33-20(2)24-9-7-8-17-32-24/h7-15,17,20H,16,18H2,1-6H3,(H,33,38)(H,35,39). The number of ether oxygens (including phenoxy) is 2. The third-order valence-corrected chi connectivity index (χ3v) is 6.41. The first-order valence-electron chi connectivity index (χ1n) is 13.5. The second kappa shape index (κ2) is 12.7. The number of aromatic nitrogens is 2. The van der Waals surface area contributed by atoms with Crippen molar-refractivity contribution in [3.8, 4) is 5.75 Å². The van der Waals surface area contributed by atoms with Gasteiger partial charge in [0, 0.05) is 18.4 Å². The minimum absolute atomic E-state index is 0.154. The second-order valence-corrected chi connectivity index (χ2v) is 10.7. The van der Waals surface area contributed by atoms with Crippen molar-refractivity contribution in [1.29, 1.82) is 0 Å². The van der Waals surface area contributed by atoms with Gasteiger partial charge in [0.05, 0.1) is 29.7 Å². The fourth-order valence-electron chi connectivity index (χ4n) is 4.26. The minimum atomic E-state index is -0.694. The molecule has 1 atom stereocenters. The average Bonchev–Trinajstić information content (AvgIpc) is 2.94. The number of carbonyl (C=O) groups excluding carboxylic acids is 2. The van der Waals surface area contributed by atoms with Gasteiger partial charge in [-0.15, -0.1) is 0 Å². The van der Waals surface area contributed by atoms with Crippen LogP contribution in [0.5, 0.6) is 5.75 Å². The lowest BCUT2D eigenvalue weighted by Gasteiger charge is -2.23. The molecule has 42 heavy (non-hydrogen) atoms. The zero-order chi connectivity index (χ0) is 30.4. The van der Waals surface area contributed by atoms with E-state index in [4.69, 9.17) is 13.9 Å². The molecular formula is C31H35N5O6. The molecule has 0 fully saturated rings. The molecule has 0 aliphatic rings. The van der Waals surface area contributed by atoms with Crippen molar-refractivity contribution in [3.63, 3.8) is 0 Å². The van der Waals surface area contributed by atoms with Crippen LogP contribution in [0.2, 0.25) is 0 Å². The van der Waals surface area contributed by atoms with Crippen LogP contribution in [0, 0.1) is 6.92 Å². The first-order chi connectivity index (χ1) is 19.9. The molecule has 0 aliphatic heterocycles. The molecule has 3 amide bonds. The number of hydrogen-bond donors (Lipinski definition) is 2. The molecule has 11 heteroatoms. The first-order valence-corrected chi connectivity index (χ1v) is 13.5. The predicted octanol–water partition coefficient (Wildman–Crippen LogP) is 5.77. The van der Waals surface area contributed by atoms with Crippen LogP contribution in [0.3, 0.4) is 0 Å². The van der Waals surface area contributed by atoms with Gasteiger partial charge in [0.1, 0.15) is 11.4 Å². The van der Waals surface area contributed by atoms with E-state index in [1.54, 1.807) is 59.2 Å². The van der Waals surface area contributed by atoms with Gasteiger partial charge in [0.15, 0.2) is 0 Å². The van der Waals surface area contributed by atoms with Gasteiger partial charge >= 0.3 is 23.8 Å². The van der Waals surface area contributed by atoms with Gasteiger partial charge in [0.2, 0.25) is 0 Å². The monoisotopic (exact) mass is 573 g/mol. The number of urea groups is 1. The van der Waals surface area contributed by atoms with E-state index in [-0.39, 0.29) is 17.9 Å². The molecule has 4 rings (SSSR count). The molecule has 0 aliphatic carbocycles. The number of anilines is 2. The quantitative estimate of drug-likeness (QED) is 0.271. The minimum Gasteiger partial charge on any atom is -0.497 e. The van der Waals surface area contributed by atoms with Crippen LogP contribution in [0.1, 0.15) is 50.6 Å². The Morgan fingerprint density at radius 2 is 1.81 bits per heavy atom. The van der Waals surface area contributed by atoms with E-state index in [0.29, 0.717) is 28.9 Å². The molecule has 2 heterocycles. The lowest BCUT2D eigenvalue weighted by atomic mass is 10.1. The van der Waals surface area contributed by atoms with Gasteiger partial charge < -0.3 is 19.2 Å². The van der Waals surface area contributed by atoms with Gasteiger partial charge in [-0.05, 0) is 88.6 Å². The Bertz CT molecular complexity index is 1610. The number of carbonyl (C=O) groups is 2. The summed E-state index contributed by atoms with van der Waals surface area (Å²) in [6.07, 6.45) is 1.45. The number of nitrogens with zero attached hydrogens (tertiary/aromatic N) is 3. The van der Waals surface area contributed by atoms with Crippen molar-refractivity contribution in [1.82, 2.24) is 15.3 Å². The molecule has 1 unspecified atom stereocenters. The Morgan fingerprint density at radius 1 is 1.07 bits per heavy atom. The fourth-order valence-corrected chi connectivity index (χ4v) is 4.26. The molecule has 220 valence electrons. The van der Waals surface area contributed by atoms with E-state index < -0.39 is 29.4 Å². The van der Waals surface area contributed by atoms with Crippen LogP contribution < -0.4 is 25.9 Å².